The Bertz CT molecular complexity index is 1020. The van der Waals surface area contributed by atoms with Crippen molar-refractivity contribution in [1.82, 2.24) is 9.97 Å². The van der Waals surface area contributed by atoms with Gasteiger partial charge in [-0.2, -0.15) is 13.2 Å². The molecule has 146 valence electrons. The number of nitrogens with zero attached hydrogens (tertiary/aromatic N) is 2. The summed E-state index contributed by atoms with van der Waals surface area (Å²) in [6.45, 7) is 1.72. The molecule has 0 radical (unpaired) electrons. The van der Waals surface area contributed by atoms with Gasteiger partial charge in [0.1, 0.15) is 5.82 Å². The first-order chi connectivity index (χ1) is 13.3. The highest BCUT2D eigenvalue weighted by Crippen LogP contribution is 2.39. The number of hydrogen-bond acceptors (Lipinski definition) is 3. The molecular formula is C22H21F3N2O. The van der Waals surface area contributed by atoms with Crippen molar-refractivity contribution < 1.29 is 18.3 Å². The van der Waals surface area contributed by atoms with E-state index in [4.69, 9.17) is 0 Å². The lowest BCUT2D eigenvalue weighted by Crippen LogP contribution is -2.28. The fourth-order valence-electron chi connectivity index (χ4n) is 4.02. The molecule has 0 amide bonds. The maximum absolute atomic E-state index is 13.2. The quantitative estimate of drug-likeness (QED) is 0.608. The number of aromatic nitrogens is 2. The average molecular weight is 386 g/mol. The predicted molar refractivity (Wildman–Crippen MR) is 102 cm³/mol. The lowest BCUT2D eigenvalue weighted by atomic mass is 9.79. The number of alkyl halides is 3. The van der Waals surface area contributed by atoms with E-state index >= 15 is 0 Å². The van der Waals surface area contributed by atoms with Crippen LogP contribution in [0.3, 0.4) is 0 Å². The topological polar surface area (TPSA) is 46.0 Å². The lowest BCUT2D eigenvalue weighted by molar-refractivity contribution is -0.137. The zero-order chi connectivity index (χ0) is 19.9. The molecule has 1 N–H and O–H groups in total. The first-order valence-electron chi connectivity index (χ1n) is 9.45. The van der Waals surface area contributed by atoms with Crippen molar-refractivity contribution in [2.45, 2.75) is 50.8 Å². The smallest absolute Gasteiger partial charge is 0.385 e. The van der Waals surface area contributed by atoms with E-state index in [-0.39, 0.29) is 0 Å². The minimum absolute atomic E-state index is 0.387. The summed E-state index contributed by atoms with van der Waals surface area (Å²) in [6, 6.07) is 10.7. The first-order valence-corrected chi connectivity index (χ1v) is 9.45. The standard InChI is InChI=1S/C22H21F3N2O/c1-14-26-19-9-8-16(21(28)10-3-2-4-11-21)13-18(19)20(27-14)15-6-5-7-17(12-15)22(23,24)25/h5-9,12-13,28H,2-4,10-11H2,1H3. The third-order valence-electron chi connectivity index (χ3n) is 5.49. The van der Waals surface area contributed by atoms with Crippen LogP contribution in [0, 0.1) is 6.92 Å². The molecule has 1 heterocycles. The van der Waals surface area contributed by atoms with Gasteiger partial charge in [0, 0.05) is 10.9 Å². The molecular weight excluding hydrogens is 365 g/mol. The van der Waals surface area contributed by atoms with Gasteiger partial charge in [-0.25, -0.2) is 9.97 Å². The summed E-state index contributed by atoms with van der Waals surface area (Å²) >= 11 is 0. The third kappa shape index (κ3) is 3.49. The number of rotatable bonds is 2. The molecule has 0 unspecified atom stereocenters. The molecule has 1 aromatic heterocycles. The maximum Gasteiger partial charge on any atom is 0.416 e. The molecule has 3 aromatic rings. The fraction of sp³-hybridized carbons (Fsp3) is 0.364. The molecule has 28 heavy (non-hydrogen) atoms. The molecule has 1 fully saturated rings. The zero-order valence-corrected chi connectivity index (χ0v) is 15.6. The Morgan fingerprint density at radius 3 is 2.43 bits per heavy atom. The summed E-state index contributed by atoms with van der Waals surface area (Å²) in [5.41, 5.74) is 0.662. The van der Waals surface area contributed by atoms with Crippen LogP contribution in [0.15, 0.2) is 42.5 Å². The van der Waals surface area contributed by atoms with Crippen molar-refractivity contribution in [2.24, 2.45) is 0 Å². The van der Waals surface area contributed by atoms with Gasteiger partial charge in [-0.3, -0.25) is 0 Å². The van der Waals surface area contributed by atoms with Gasteiger partial charge >= 0.3 is 6.18 Å². The van der Waals surface area contributed by atoms with E-state index in [1.807, 2.05) is 18.2 Å². The van der Waals surface area contributed by atoms with Crippen molar-refractivity contribution >= 4 is 10.9 Å². The van der Waals surface area contributed by atoms with E-state index in [9.17, 15) is 18.3 Å². The molecule has 0 bridgehead atoms. The molecule has 6 heteroatoms. The number of hydrogen-bond donors (Lipinski definition) is 1. The number of benzene rings is 2. The molecule has 0 spiro atoms. The molecule has 0 saturated heterocycles. The first kappa shape index (κ1) is 18.9. The summed E-state index contributed by atoms with van der Waals surface area (Å²) in [7, 11) is 0. The molecule has 0 atom stereocenters. The number of aliphatic hydroxyl groups is 1. The second-order valence-corrected chi connectivity index (χ2v) is 7.52. The van der Waals surface area contributed by atoms with Gasteiger partial charge in [-0.05, 0) is 49.6 Å². The number of halogens is 3. The van der Waals surface area contributed by atoms with Gasteiger partial charge in [0.05, 0.1) is 22.4 Å². The third-order valence-corrected chi connectivity index (χ3v) is 5.49. The second kappa shape index (κ2) is 6.85. The Balaban J connectivity index is 1.89. The van der Waals surface area contributed by atoms with E-state index in [1.54, 1.807) is 13.0 Å². The largest absolute Gasteiger partial charge is 0.416 e. The molecule has 1 saturated carbocycles. The highest BCUT2D eigenvalue weighted by Gasteiger charge is 2.32. The minimum atomic E-state index is -4.42. The number of aryl methyl sites for hydroxylation is 1. The number of fused-ring (bicyclic) bond motifs is 1. The van der Waals surface area contributed by atoms with Crippen LogP contribution in [0.5, 0.6) is 0 Å². The van der Waals surface area contributed by atoms with E-state index in [0.717, 1.165) is 37.0 Å². The van der Waals surface area contributed by atoms with Gasteiger partial charge in [-0.15, -0.1) is 0 Å². The van der Waals surface area contributed by atoms with Gasteiger partial charge in [0.25, 0.3) is 0 Å². The SMILES string of the molecule is Cc1nc(-c2cccc(C(F)(F)F)c2)c2cc(C3(O)CCCCC3)ccc2n1. The van der Waals surface area contributed by atoms with Crippen LogP contribution in [0.25, 0.3) is 22.2 Å². The monoisotopic (exact) mass is 386 g/mol. The Labute approximate surface area is 161 Å². The normalized spacial score (nSPS) is 17.0. The van der Waals surface area contributed by atoms with Crippen LogP contribution in [0.4, 0.5) is 13.2 Å². The fourth-order valence-corrected chi connectivity index (χ4v) is 4.02. The van der Waals surface area contributed by atoms with E-state index in [1.165, 1.54) is 6.07 Å². The Hall–Kier alpha value is -2.47. The molecule has 1 aliphatic carbocycles. The zero-order valence-electron chi connectivity index (χ0n) is 15.6. The van der Waals surface area contributed by atoms with Crippen molar-refractivity contribution in [3.8, 4) is 11.3 Å². The van der Waals surface area contributed by atoms with Crippen LogP contribution < -0.4 is 0 Å². The predicted octanol–water partition coefficient (Wildman–Crippen LogP) is 5.78. The highest BCUT2D eigenvalue weighted by atomic mass is 19.4. The van der Waals surface area contributed by atoms with Crippen LogP contribution in [0.2, 0.25) is 0 Å². The maximum atomic E-state index is 13.2. The highest BCUT2D eigenvalue weighted by molar-refractivity contribution is 5.93. The minimum Gasteiger partial charge on any atom is -0.385 e. The van der Waals surface area contributed by atoms with Gasteiger partial charge in [0.2, 0.25) is 0 Å². The molecule has 1 aliphatic rings. The summed E-state index contributed by atoms with van der Waals surface area (Å²) in [5, 5.41) is 11.7. The van der Waals surface area contributed by atoms with Crippen molar-refractivity contribution in [3.63, 3.8) is 0 Å². The molecule has 4 rings (SSSR count). The van der Waals surface area contributed by atoms with Crippen LogP contribution in [-0.2, 0) is 11.8 Å². The van der Waals surface area contributed by atoms with Gasteiger partial charge in [0.15, 0.2) is 0 Å². The van der Waals surface area contributed by atoms with Gasteiger partial charge < -0.3 is 5.11 Å². The van der Waals surface area contributed by atoms with E-state index in [0.29, 0.717) is 40.8 Å². The van der Waals surface area contributed by atoms with E-state index in [2.05, 4.69) is 9.97 Å². The van der Waals surface area contributed by atoms with Gasteiger partial charge in [-0.1, -0.05) is 37.5 Å². The average Bonchev–Trinajstić information content (AvgIpc) is 2.67. The van der Waals surface area contributed by atoms with Crippen LogP contribution >= 0.6 is 0 Å². The van der Waals surface area contributed by atoms with E-state index < -0.39 is 17.3 Å². The van der Waals surface area contributed by atoms with Crippen molar-refractivity contribution in [2.75, 3.05) is 0 Å². The Morgan fingerprint density at radius 1 is 0.964 bits per heavy atom. The molecule has 3 nitrogen and oxygen atoms in total. The molecule has 2 aromatic carbocycles. The lowest BCUT2D eigenvalue weighted by Gasteiger charge is -2.32. The van der Waals surface area contributed by atoms with Crippen molar-refractivity contribution in [3.05, 3.63) is 59.4 Å². The summed E-state index contributed by atoms with van der Waals surface area (Å²) in [5.74, 6) is 0.490. The Kier molecular flexibility index (Phi) is 4.62. The summed E-state index contributed by atoms with van der Waals surface area (Å²) in [4.78, 5) is 8.87. The van der Waals surface area contributed by atoms with Crippen LogP contribution in [-0.4, -0.2) is 15.1 Å². The Morgan fingerprint density at radius 2 is 1.71 bits per heavy atom. The summed E-state index contributed by atoms with van der Waals surface area (Å²) < 4.78 is 39.5. The van der Waals surface area contributed by atoms with Crippen molar-refractivity contribution in [1.29, 1.82) is 0 Å². The van der Waals surface area contributed by atoms with Crippen LogP contribution in [0.1, 0.15) is 49.1 Å². The molecule has 0 aliphatic heterocycles. The second-order valence-electron chi connectivity index (χ2n) is 7.52. The summed E-state index contributed by atoms with van der Waals surface area (Å²) in [6.07, 6.45) is -0.0307.